The molecule has 0 aliphatic rings. The van der Waals surface area contributed by atoms with E-state index in [1.165, 1.54) is 21.7 Å². The average molecular weight is 603 g/mol. The number of nitrogens with zero attached hydrogens (tertiary/aromatic N) is 10. The number of rotatable bonds is 9. The topological polar surface area (TPSA) is 162 Å². The van der Waals surface area contributed by atoms with Crippen molar-refractivity contribution in [3.8, 4) is 46.4 Å². The standard InChI is InChI=1S/C31H26N10O4/c1-3-39(4-2)29-32-30(44-19-13-15-25(27(42)17-19)40-35-21-9-5-6-10-22(21)36-40)34-31(33-29)45-20-14-16-26(28(43)18-20)41-37-23-11-7-8-12-24(23)38-41/h5-18,42-43H,3-4H2,1-2H3. The van der Waals surface area contributed by atoms with Crippen molar-refractivity contribution in [2.24, 2.45) is 0 Å². The Morgan fingerprint density at radius 2 is 0.978 bits per heavy atom. The van der Waals surface area contributed by atoms with E-state index in [2.05, 4.69) is 35.3 Å². The van der Waals surface area contributed by atoms with Crippen LogP contribution in [0.4, 0.5) is 5.95 Å². The molecule has 0 spiro atoms. The van der Waals surface area contributed by atoms with Gasteiger partial charge in [0, 0.05) is 25.2 Å². The number of anilines is 1. The summed E-state index contributed by atoms with van der Waals surface area (Å²) < 4.78 is 11.9. The SMILES string of the molecule is CCN(CC)c1nc(Oc2ccc(-n3nc4ccccc4n3)c(O)c2)nc(Oc2ccc(-n3nc4ccccc4n3)c(O)c2)n1. The molecular formula is C31H26N10O4. The highest BCUT2D eigenvalue weighted by atomic mass is 16.5. The van der Waals surface area contributed by atoms with Crippen LogP contribution in [-0.2, 0) is 0 Å². The van der Waals surface area contributed by atoms with Crippen molar-refractivity contribution < 1.29 is 19.7 Å². The van der Waals surface area contributed by atoms with Gasteiger partial charge in [0.2, 0.25) is 5.95 Å². The highest BCUT2D eigenvalue weighted by molar-refractivity contribution is 5.74. The first-order valence-electron chi connectivity index (χ1n) is 14.1. The van der Waals surface area contributed by atoms with Crippen LogP contribution in [0, 0.1) is 0 Å². The summed E-state index contributed by atoms with van der Waals surface area (Å²) in [5.74, 6) is 0.685. The number of hydrogen-bond donors (Lipinski definition) is 2. The third-order valence-corrected chi connectivity index (χ3v) is 6.95. The van der Waals surface area contributed by atoms with E-state index < -0.39 is 0 Å². The summed E-state index contributed by atoms with van der Waals surface area (Å²) >= 11 is 0. The van der Waals surface area contributed by atoms with Gasteiger partial charge in [0.1, 0.15) is 56.4 Å². The van der Waals surface area contributed by atoms with Gasteiger partial charge in [-0.3, -0.25) is 0 Å². The van der Waals surface area contributed by atoms with E-state index in [0.717, 1.165) is 0 Å². The smallest absolute Gasteiger partial charge is 0.330 e. The van der Waals surface area contributed by atoms with Crippen LogP contribution in [0.15, 0.2) is 84.9 Å². The van der Waals surface area contributed by atoms with Crippen LogP contribution in [0.5, 0.6) is 35.0 Å². The summed E-state index contributed by atoms with van der Waals surface area (Å²) in [5, 5.41) is 39.3. The molecule has 0 aliphatic carbocycles. The number of fused-ring (bicyclic) bond motifs is 2. The van der Waals surface area contributed by atoms with Crippen LogP contribution in [0.25, 0.3) is 33.4 Å². The van der Waals surface area contributed by atoms with Crippen LogP contribution in [-0.4, -0.2) is 68.2 Å². The van der Waals surface area contributed by atoms with E-state index in [0.29, 0.717) is 52.5 Å². The van der Waals surface area contributed by atoms with Gasteiger partial charge in [0.15, 0.2) is 0 Å². The summed E-state index contributed by atoms with van der Waals surface area (Å²) in [6, 6.07) is 24.2. The average Bonchev–Trinajstić information content (AvgIpc) is 3.66. The van der Waals surface area contributed by atoms with E-state index in [1.807, 2.05) is 67.3 Å². The zero-order valence-electron chi connectivity index (χ0n) is 24.2. The minimum Gasteiger partial charge on any atom is -0.505 e. The Morgan fingerprint density at radius 3 is 1.33 bits per heavy atom. The maximum absolute atomic E-state index is 10.8. The number of benzene rings is 4. The number of aromatic hydroxyl groups is 2. The normalized spacial score (nSPS) is 11.2. The first-order valence-corrected chi connectivity index (χ1v) is 14.1. The Morgan fingerprint density at radius 1 is 0.578 bits per heavy atom. The van der Waals surface area contributed by atoms with Crippen molar-refractivity contribution in [3.63, 3.8) is 0 Å². The van der Waals surface area contributed by atoms with Crippen LogP contribution in [0.1, 0.15) is 13.8 Å². The first kappa shape index (κ1) is 27.5. The van der Waals surface area contributed by atoms with Gasteiger partial charge in [-0.1, -0.05) is 24.3 Å². The molecule has 0 fully saturated rings. The molecule has 3 heterocycles. The molecule has 4 aromatic carbocycles. The number of aromatic nitrogens is 9. The van der Waals surface area contributed by atoms with Crippen LogP contribution in [0.2, 0.25) is 0 Å². The third kappa shape index (κ3) is 5.47. The summed E-state index contributed by atoms with van der Waals surface area (Å²) in [5.41, 5.74) is 3.57. The third-order valence-electron chi connectivity index (χ3n) is 6.95. The number of hydrogen-bond acceptors (Lipinski definition) is 12. The lowest BCUT2D eigenvalue weighted by Crippen LogP contribution is -2.24. The lowest BCUT2D eigenvalue weighted by atomic mass is 10.3. The molecule has 0 aliphatic heterocycles. The monoisotopic (exact) mass is 602 g/mol. The molecule has 224 valence electrons. The molecule has 0 amide bonds. The van der Waals surface area contributed by atoms with Gasteiger partial charge in [-0.15, -0.1) is 35.0 Å². The van der Waals surface area contributed by atoms with Crippen LogP contribution >= 0.6 is 0 Å². The van der Waals surface area contributed by atoms with Crippen molar-refractivity contribution >= 4 is 28.0 Å². The quantitative estimate of drug-likeness (QED) is 0.223. The minimum atomic E-state index is -0.0996. The zero-order chi connectivity index (χ0) is 30.9. The van der Waals surface area contributed by atoms with Crippen molar-refractivity contribution in [1.29, 1.82) is 0 Å². The molecule has 0 radical (unpaired) electrons. The minimum absolute atomic E-state index is 0.0507. The van der Waals surface area contributed by atoms with Crippen molar-refractivity contribution in [2.75, 3.05) is 18.0 Å². The predicted octanol–water partition coefficient (Wildman–Crippen LogP) is 5.18. The van der Waals surface area contributed by atoms with Crippen molar-refractivity contribution in [1.82, 2.24) is 44.9 Å². The maximum atomic E-state index is 10.8. The first-order chi connectivity index (χ1) is 22.0. The molecule has 7 rings (SSSR count). The lowest BCUT2D eigenvalue weighted by Gasteiger charge is -2.19. The summed E-state index contributed by atoms with van der Waals surface area (Å²) in [7, 11) is 0. The molecule has 0 unspecified atom stereocenters. The molecule has 45 heavy (non-hydrogen) atoms. The van der Waals surface area contributed by atoms with E-state index in [-0.39, 0.29) is 35.0 Å². The fraction of sp³-hybridized carbons (Fsp3) is 0.129. The Hall–Kier alpha value is -6.31. The Labute approximate surface area is 255 Å². The Balaban J connectivity index is 1.16. The van der Waals surface area contributed by atoms with Crippen LogP contribution < -0.4 is 14.4 Å². The summed E-state index contributed by atoms with van der Waals surface area (Å²) in [4.78, 5) is 17.9. The Bertz CT molecular complexity index is 1950. The second kappa shape index (κ2) is 11.4. The largest absolute Gasteiger partial charge is 0.505 e. The van der Waals surface area contributed by atoms with Crippen molar-refractivity contribution in [2.45, 2.75) is 13.8 Å². The molecule has 7 aromatic rings. The fourth-order valence-electron chi connectivity index (χ4n) is 4.68. The van der Waals surface area contributed by atoms with Crippen LogP contribution in [0.3, 0.4) is 0 Å². The molecule has 0 saturated heterocycles. The van der Waals surface area contributed by atoms with Gasteiger partial charge in [-0.2, -0.15) is 9.97 Å². The second-order valence-electron chi connectivity index (χ2n) is 9.83. The number of phenolic OH excluding ortho intramolecular Hbond substituents is 2. The number of ether oxygens (including phenoxy) is 2. The molecule has 14 nitrogen and oxygen atoms in total. The molecule has 2 N–H and O–H groups in total. The maximum Gasteiger partial charge on any atom is 0.330 e. The van der Waals surface area contributed by atoms with Crippen molar-refractivity contribution in [3.05, 3.63) is 84.9 Å². The zero-order valence-corrected chi connectivity index (χ0v) is 24.2. The number of phenols is 2. The van der Waals surface area contributed by atoms with E-state index in [4.69, 9.17) is 9.47 Å². The van der Waals surface area contributed by atoms with Gasteiger partial charge < -0.3 is 24.6 Å². The Kier molecular flexibility index (Phi) is 6.98. The van der Waals surface area contributed by atoms with Gasteiger partial charge in [-0.05, 0) is 62.4 Å². The molecule has 3 aromatic heterocycles. The molecule has 14 heteroatoms. The molecular weight excluding hydrogens is 576 g/mol. The highest BCUT2D eigenvalue weighted by Crippen LogP contribution is 2.32. The fourth-order valence-corrected chi connectivity index (χ4v) is 4.68. The summed E-state index contributed by atoms with van der Waals surface area (Å²) in [6.07, 6.45) is 0. The van der Waals surface area contributed by atoms with Gasteiger partial charge >= 0.3 is 12.0 Å². The van der Waals surface area contributed by atoms with E-state index in [9.17, 15) is 10.2 Å². The molecule has 0 saturated carbocycles. The second-order valence-corrected chi connectivity index (χ2v) is 9.83. The van der Waals surface area contributed by atoms with E-state index >= 15 is 0 Å². The van der Waals surface area contributed by atoms with Gasteiger partial charge in [-0.25, -0.2) is 0 Å². The predicted molar refractivity (Wildman–Crippen MR) is 165 cm³/mol. The molecule has 0 atom stereocenters. The van der Waals surface area contributed by atoms with Gasteiger partial charge in [0.25, 0.3) is 0 Å². The molecule has 0 bridgehead atoms. The van der Waals surface area contributed by atoms with E-state index in [1.54, 1.807) is 24.3 Å². The lowest BCUT2D eigenvalue weighted by molar-refractivity contribution is 0.392. The highest BCUT2D eigenvalue weighted by Gasteiger charge is 2.17. The van der Waals surface area contributed by atoms with Gasteiger partial charge in [0.05, 0.1) is 0 Å². The summed E-state index contributed by atoms with van der Waals surface area (Å²) in [6.45, 7) is 5.20.